The van der Waals surface area contributed by atoms with Gasteiger partial charge in [-0.1, -0.05) is 48.5 Å². The van der Waals surface area contributed by atoms with E-state index in [1.807, 2.05) is 36.4 Å². The molecule has 4 aromatic rings. The summed E-state index contributed by atoms with van der Waals surface area (Å²) in [6, 6.07) is 21.4. The Kier molecular flexibility index (Phi) is 6.54. The molecule has 1 aromatic heterocycles. The number of carboxylic acid groups (broad SMARTS) is 1. The molecule has 0 atom stereocenters. The lowest BCUT2D eigenvalue weighted by molar-refractivity contribution is 0.0698. The van der Waals surface area contributed by atoms with Crippen molar-refractivity contribution in [3.8, 4) is 33.8 Å². The van der Waals surface area contributed by atoms with Crippen molar-refractivity contribution in [3.05, 3.63) is 96.3 Å². The average molecular weight is 454 g/mol. The Bertz CT molecular complexity index is 1350. The van der Waals surface area contributed by atoms with Crippen molar-refractivity contribution in [2.45, 2.75) is 0 Å². The van der Waals surface area contributed by atoms with Crippen LogP contribution in [0.4, 0.5) is 5.69 Å². The van der Waals surface area contributed by atoms with E-state index in [-0.39, 0.29) is 11.3 Å². The van der Waals surface area contributed by atoms with Crippen LogP contribution < -0.4 is 14.8 Å². The third kappa shape index (κ3) is 4.59. The Morgan fingerprint density at radius 2 is 1.62 bits per heavy atom. The summed E-state index contributed by atoms with van der Waals surface area (Å²) in [4.78, 5) is 29.1. The number of carboxylic acids is 1. The van der Waals surface area contributed by atoms with Gasteiger partial charge in [0.15, 0.2) is 11.5 Å². The van der Waals surface area contributed by atoms with Crippen LogP contribution in [0.2, 0.25) is 0 Å². The Balaban J connectivity index is 1.71. The first-order chi connectivity index (χ1) is 16.5. The second kappa shape index (κ2) is 9.87. The van der Waals surface area contributed by atoms with Gasteiger partial charge in [-0.15, -0.1) is 0 Å². The number of rotatable bonds is 7. The Morgan fingerprint density at radius 3 is 2.32 bits per heavy atom. The van der Waals surface area contributed by atoms with E-state index in [0.717, 1.165) is 11.1 Å². The number of ether oxygens (including phenoxy) is 2. The van der Waals surface area contributed by atoms with Gasteiger partial charge >= 0.3 is 5.97 Å². The second-order valence-corrected chi connectivity index (χ2v) is 7.39. The molecule has 0 saturated carbocycles. The van der Waals surface area contributed by atoms with Crippen LogP contribution in [0.1, 0.15) is 20.7 Å². The zero-order valence-electron chi connectivity index (χ0n) is 18.6. The molecule has 0 fully saturated rings. The zero-order chi connectivity index (χ0) is 24.1. The molecule has 2 N–H and O–H groups in total. The maximum absolute atomic E-state index is 13.1. The molecule has 0 aliphatic carbocycles. The van der Waals surface area contributed by atoms with Gasteiger partial charge in [-0.25, -0.2) is 4.79 Å². The molecule has 0 bridgehead atoms. The van der Waals surface area contributed by atoms with Gasteiger partial charge in [0.05, 0.1) is 31.0 Å². The van der Waals surface area contributed by atoms with Crippen LogP contribution in [0.3, 0.4) is 0 Å². The minimum Gasteiger partial charge on any atom is -0.493 e. The minimum absolute atomic E-state index is 0.0360. The molecule has 34 heavy (non-hydrogen) atoms. The number of aromatic nitrogens is 1. The van der Waals surface area contributed by atoms with E-state index < -0.39 is 11.9 Å². The topological polar surface area (TPSA) is 97.8 Å². The summed E-state index contributed by atoms with van der Waals surface area (Å²) < 4.78 is 10.9. The third-order valence-electron chi connectivity index (χ3n) is 5.32. The summed E-state index contributed by atoms with van der Waals surface area (Å²) >= 11 is 0. The first-order valence-corrected chi connectivity index (χ1v) is 10.4. The molecule has 0 aliphatic rings. The van der Waals surface area contributed by atoms with Crippen LogP contribution in [0.25, 0.3) is 22.3 Å². The Labute approximate surface area is 196 Å². The number of hydrogen-bond donors (Lipinski definition) is 2. The van der Waals surface area contributed by atoms with Crippen LogP contribution in [-0.2, 0) is 0 Å². The van der Waals surface area contributed by atoms with E-state index in [0.29, 0.717) is 28.2 Å². The molecule has 0 saturated heterocycles. The first kappa shape index (κ1) is 22.5. The number of methoxy groups -OCH3 is 2. The van der Waals surface area contributed by atoms with Gasteiger partial charge in [-0.2, -0.15) is 0 Å². The van der Waals surface area contributed by atoms with Gasteiger partial charge in [0.1, 0.15) is 0 Å². The predicted octanol–water partition coefficient (Wildman–Crippen LogP) is 5.38. The van der Waals surface area contributed by atoms with Crippen molar-refractivity contribution in [1.29, 1.82) is 0 Å². The summed E-state index contributed by atoms with van der Waals surface area (Å²) in [5, 5.41) is 12.4. The molecule has 3 aromatic carbocycles. The van der Waals surface area contributed by atoms with Crippen molar-refractivity contribution in [2.75, 3.05) is 19.5 Å². The fraction of sp³-hybridized carbons (Fsp3) is 0.0741. The molecule has 170 valence electrons. The number of nitrogens with one attached hydrogen (secondary N) is 1. The number of aromatic carboxylic acids is 1. The number of benzene rings is 3. The number of pyridine rings is 1. The Morgan fingerprint density at radius 1 is 0.824 bits per heavy atom. The molecule has 7 nitrogen and oxygen atoms in total. The fourth-order valence-electron chi connectivity index (χ4n) is 3.66. The van der Waals surface area contributed by atoms with Crippen molar-refractivity contribution < 1.29 is 24.2 Å². The summed E-state index contributed by atoms with van der Waals surface area (Å²) in [6.45, 7) is 0. The molecule has 1 heterocycles. The van der Waals surface area contributed by atoms with Crippen LogP contribution in [0.15, 0.2) is 85.2 Å². The van der Waals surface area contributed by atoms with Gasteiger partial charge < -0.3 is 19.9 Å². The van der Waals surface area contributed by atoms with Gasteiger partial charge in [-0.05, 0) is 35.4 Å². The monoisotopic (exact) mass is 454 g/mol. The predicted molar refractivity (Wildman–Crippen MR) is 130 cm³/mol. The van der Waals surface area contributed by atoms with E-state index in [2.05, 4.69) is 10.3 Å². The molecule has 0 radical (unpaired) electrons. The quantitative estimate of drug-likeness (QED) is 0.389. The highest BCUT2D eigenvalue weighted by molar-refractivity contribution is 6.08. The molecule has 0 spiro atoms. The van der Waals surface area contributed by atoms with Gasteiger partial charge in [-0.3, -0.25) is 9.78 Å². The SMILES string of the molecule is COc1cccc(-c2ccc(C(=O)O)c(NC(=O)c3cncc(-c4ccccc4)c3)c2)c1OC. The van der Waals surface area contributed by atoms with Crippen molar-refractivity contribution in [3.63, 3.8) is 0 Å². The molecule has 4 rings (SSSR count). The Hall–Kier alpha value is -4.65. The molecular formula is C27H22N2O5. The van der Waals surface area contributed by atoms with E-state index in [1.54, 1.807) is 43.6 Å². The van der Waals surface area contributed by atoms with E-state index >= 15 is 0 Å². The van der Waals surface area contributed by atoms with Crippen LogP contribution in [0, 0.1) is 0 Å². The van der Waals surface area contributed by atoms with Gasteiger partial charge in [0.25, 0.3) is 5.91 Å². The summed E-state index contributed by atoms with van der Waals surface area (Å²) in [7, 11) is 3.07. The number of nitrogens with zero attached hydrogens (tertiary/aromatic N) is 1. The standard InChI is InChI=1S/C27H22N2O5/c1-33-24-10-6-9-21(25(24)34-2)18-11-12-22(27(31)32)23(14-18)29-26(30)20-13-19(15-28-16-20)17-7-4-3-5-8-17/h3-16H,1-2H3,(H,29,30)(H,31,32). The minimum atomic E-state index is -1.16. The molecule has 0 unspecified atom stereocenters. The highest BCUT2D eigenvalue weighted by Crippen LogP contribution is 2.39. The first-order valence-electron chi connectivity index (χ1n) is 10.4. The molecular weight excluding hydrogens is 432 g/mol. The smallest absolute Gasteiger partial charge is 0.337 e. The number of hydrogen-bond acceptors (Lipinski definition) is 5. The summed E-state index contributed by atoms with van der Waals surface area (Å²) in [5.74, 6) is -0.583. The highest BCUT2D eigenvalue weighted by atomic mass is 16.5. The van der Waals surface area contributed by atoms with E-state index in [4.69, 9.17) is 9.47 Å². The van der Waals surface area contributed by atoms with E-state index in [1.165, 1.54) is 19.4 Å². The molecule has 7 heteroatoms. The number of amides is 1. The zero-order valence-corrected chi connectivity index (χ0v) is 18.6. The lowest BCUT2D eigenvalue weighted by Crippen LogP contribution is -2.15. The fourth-order valence-corrected chi connectivity index (χ4v) is 3.66. The maximum Gasteiger partial charge on any atom is 0.337 e. The van der Waals surface area contributed by atoms with Crippen LogP contribution in [-0.4, -0.2) is 36.2 Å². The van der Waals surface area contributed by atoms with Gasteiger partial charge in [0.2, 0.25) is 0 Å². The third-order valence-corrected chi connectivity index (χ3v) is 5.32. The highest BCUT2D eigenvalue weighted by Gasteiger charge is 2.18. The van der Waals surface area contributed by atoms with Crippen LogP contribution >= 0.6 is 0 Å². The van der Waals surface area contributed by atoms with Crippen molar-refractivity contribution >= 4 is 17.6 Å². The lowest BCUT2D eigenvalue weighted by Gasteiger charge is -2.15. The number of carbonyl (C=O) groups is 2. The van der Waals surface area contributed by atoms with Gasteiger partial charge in [0, 0.05) is 23.5 Å². The van der Waals surface area contributed by atoms with Crippen LogP contribution in [0.5, 0.6) is 11.5 Å². The number of anilines is 1. The maximum atomic E-state index is 13.1. The average Bonchev–Trinajstić information content (AvgIpc) is 2.88. The lowest BCUT2D eigenvalue weighted by atomic mass is 10.0. The normalized spacial score (nSPS) is 10.4. The summed E-state index contributed by atoms with van der Waals surface area (Å²) in [6.07, 6.45) is 3.11. The molecule has 1 amide bonds. The van der Waals surface area contributed by atoms with Crippen molar-refractivity contribution in [2.24, 2.45) is 0 Å². The summed E-state index contributed by atoms with van der Waals surface area (Å²) in [5.41, 5.74) is 3.48. The second-order valence-electron chi connectivity index (χ2n) is 7.39. The number of carbonyl (C=O) groups excluding carboxylic acids is 1. The molecule has 0 aliphatic heterocycles. The number of para-hydroxylation sites is 1. The largest absolute Gasteiger partial charge is 0.493 e. The van der Waals surface area contributed by atoms with Crippen molar-refractivity contribution in [1.82, 2.24) is 4.98 Å². The van der Waals surface area contributed by atoms with E-state index in [9.17, 15) is 14.7 Å².